The Morgan fingerprint density at radius 3 is 1.72 bits per heavy atom. The summed E-state index contributed by atoms with van der Waals surface area (Å²) in [5.41, 5.74) is -1.14. The van der Waals surface area contributed by atoms with Crippen LogP contribution in [0.2, 0.25) is 0 Å². The fraction of sp³-hybridized carbons (Fsp3) is 0.909. The van der Waals surface area contributed by atoms with Gasteiger partial charge in [0.15, 0.2) is 0 Å². The highest BCUT2D eigenvalue weighted by Gasteiger charge is 2.64. The average molecular weight is 353 g/mol. The number of methoxy groups -OCH3 is 1. The molecule has 3 heteroatoms. The Kier molecular flexibility index (Phi) is 5.41. The molecule has 0 N–H and O–H groups in total. The third-order valence-electron chi connectivity index (χ3n) is 7.85. The van der Waals surface area contributed by atoms with Crippen LogP contribution in [0, 0.1) is 32.5 Å². The van der Waals surface area contributed by atoms with E-state index in [2.05, 4.69) is 62.3 Å². The first kappa shape index (κ1) is 22.2. The van der Waals surface area contributed by atoms with E-state index in [-0.39, 0.29) is 33.0 Å². The van der Waals surface area contributed by atoms with Crippen LogP contribution in [0.1, 0.15) is 88.5 Å². The minimum Gasteiger partial charge on any atom is -0.469 e. The fourth-order valence-electron chi connectivity index (χ4n) is 4.58. The number of hydrogen-bond donors (Lipinski definition) is 0. The zero-order valence-corrected chi connectivity index (χ0v) is 18.4. The van der Waals surface area contributed by atoms with Gasteiger partial charge in [-0.3, -0.25) is 4.79 Å². The molecule has 146 valence electrons. The maximum absolute atomic E-state index is 12.7. The molecule has 0 aliphatic heterocycles. The van der Waals surface area contributed by atoms with Gasteiger partial charge in [-0.25, -0.2) is 0 Å². The molecule has 0 saturated heterocycles. The van der Waals surface area contributed by atoms with Crippen molar-refractivity contribution < 1.29 is 14.3 Å². The lowest BCUT2D eigenvalue weighted by atomic mass is 9.38. The van der Waals surface area contributed by atoms with Gasteiger partial charge in [0.1, 0.15) is 6.29 Å². The third kappa shape index (κ3) is 3.40. The smallest absolute Gasteiger partial charge is 0.312 e. The van der Waals surface area contributed by atoms with Crippen molar-refractivity contribution in [1.29, 1.82) is 0 Å². The van der Waals surface area contributed by atoms with Crippen LogP contribution in [-0.4, -0.2) is 19.4 Å². The van der Waals surface area contributed by atoms with Crippen molar-refractivity contribution in [2.24, 2.45) is 32.5 Å². The number of esters is 1. The Morgan fingerprint density at radius 2 is 1.44 bits per heavy atom. The van der Waals surface area contributed by atoms with Crippen LogP contribution in [0.3, 0.4) is 0 Å². The van der Waals surface area contributed by atoms with E-state index in [1.807, 2.05) is 6.92 Å². The van der Waals surface area contributed by atoms with Crippen molar-refractivity contribution in [3.05, 3.63) is 0 Å². The third-order valence-corrected chi connectivity index (χ3v) is 7.85. The van der Waals surface area contributed by atoms with E-state index in [1.165, 1.54) is 13.4 Å². The Morgan fingerprint density at radius 1 is 1.00 bits per heavy atom. The van der Waals surface area contributed by atoms with Crippen LogP contribution in [0.5, 0.6) is 0 Å². The van der Waals surface area contributed by atoms with Gasteiger partial charge in [0.25, 0.3) is 0 Å². The van der Waals surface area contributed by atoms with E-state index < -0.39 is 5.41 Å². The number of hydrogen-bond acceptors (Lipinski definition) is 3. The van der Waals surface area contributed by atoms with E-state index in [9.17, 15) is 9.59 Å². The Bertz CT molecular complexity index is 524. The van der Waals surface area contributed by atoms with E-state index in [1.54, 1.807) is 0 Å². The van der Waals surface area contributed by atoms with E-state index in [0.29, 0.717) is 0 Å². The summed E-state index contributed by atoms with van der Waals surface area (Å²) in [4.78, 5) is 24.6. The summed E-state index contributed by atoms with van der Waals surface area (Å²) in [5, 5.41) is 0. The SMILES string of the molecule is COC(=O)C(C)(CC(C)(C)C1(C)CC(C=O)(C(C)(C)C)C1)C(C)(C)C. The molecular weight excluding hydrogens is 312 g/mol. The molecule has 1 unspecified atom stereocenters. The molecule has 0 radical (unpaired) electrons. The Hall–Kier alpha value is -0.860. The first-order chi connectivity index (χ1) is 10.9. The topological polar surface area (TPSA) is 43.4 Å². The van der Waals surface area contributed by atoms with Gasteiger partial charge in [0, 0.05) is 5.41 Å². The van der Waals surface area contributed by atoms with Crippen molar-refractivity contribution in [3.8, 4) is 0 Å². The molecule has 0 aromatic carbocycles. The summed E-state index contributed by atoms with van der Waals surface area (Å²) in [7, 11) is 1.47. The quantitative estimate of drug-likeness (QED) is 0.473. The van der Waals surface area contributed by atoms with Gasteiger partial charge in [-0.2, -0.15) is 0 Å². The second kappa shape index (κ2) is 6.09. The number of rotatable bonds is 5. The van der Waals surface area contributed by atoms with Crippen LogP contribution in [0.25, 0.3) is 0 Å². The minimum atomic E-state index is -0.574. The molecular formula is C22H40O3. The molecule has 1 rings (SSSR count). The van der Waals surface area contributed by atoms with Crippen LogP contribution >= 0.6 is 0 Å². The summed E-state index contributed by atoms with van der Waals surface area (Å²) in [6, 6.07) is 0. The number of carbonyl (C=O) groups excluding carboxylic acids is 2. The molecule has 25 heavy (non-hydrogen) atoms. The van der Waals surface area contributed by atoms with Gasteiger partial charge in [-0.15, -0.1) is 0 Å². The van der Waals surface area contributed by atoms with Gasteiger partial charge < -0.3 is 9.53 Å². The number of ether oxygens (including phenoxy) is 1. The monoisotopic (exact) mass is 352 g/mol. The molecule has 0 spiro atoms. The summed E-state index contributed by atoms with van der Waals surface area (Å²) < 4.78 is 5.17. The van der Waals surface area contributed by atoms with Gasteiger partial charge in [-0.05, 0) is 47.8 Å². The predicted octanol–water partition coefficient (Wildman–Crippen LogP) is 5.66. The molecule has 0 bridgehead atoms. The molecule has 0 heterocycles. The van der Waals surface area contributed by atoms with Crippen LogP contribution in [-0.2, 0) is 14.3 Å². The summed E-state index contributed by atoms with van der Waals surface area (Å²) >= 11 is 0. The maximum atomic E-state index is 12.7. The van der Waals surface area contributed by atoms with Gasteiger partial charge in [0.05, 0.1) is 12.5 Å². The van der Waals surface area contributed by atoms with Crippen molar-refractivity contribution in [2.45, 2.75) is 88.5 Å². The molecule has 1 saturated carbocycles. The Labute approximate surface area is 155 Å². The standard InChI is InChI=1S/C22H40O3/c1-17(2,3)21(10,16(24)25-11)12-19(7,8)20(9)13-22(14-20,15-23)18(4,5)6/h15H,12-14H2,1-11H3. The lowest BCUT2D eigenvalue weighted by Crippen LogP contribution is -2.60. The number of aldehydes is 1. The maximum Gasteiger partial charge on any atom is 0.312 e. The molecule has 0 amide bonds. The zero-order valence-electron chi connectivity index (χ0n) is 18.4. The highest BCUT2D eigenvalue weighted by molar-refractivity contribution is 5.77. The van der Waals surface area contributed by atoms with Gasteiger partial charge in [-0.1, -0.05) is 62.3 Å². The predicted molar refractivity (Wildman–Crippen MR) is 103 cm³/mol. The molecule has 1 aliphatic carbocycles. The van der Waals surface area contributed by atoms with Crippen molar-refractivity contribution in [3.63, 3.8) is 0 Å². The van der Waals surface area contributed by atoms with Gasteiger partial charge >= 0.3 is 5.97 Å². The normalized spacial score (nSPS) is 30.2. The summed E-state index contributed by atoms with van der Waals surface area (Å²) in [6.45, 7) is 21.6. The minimum absolute atomic E-state index is 0.0295. The largest absolute Gasteiger partial charge is 0.469 e. The second-order valence-corrected chi connectivity index (χ2v) is 11.6. The first-order valence-electron chi connectivity index (χ1n) is 9.46. The van der Waals surface area contributed by atoms with Crippen LogP contribution < -0.4 is 0 Å². The highest BCUT2D eigenvalue weighted by Crippen LogP contribution is 2.69. The molecule has 1 atom stereocenters. The fourth-order valence-corrected chi connectivity index (χ4v) is 4.58. The molecule has 1 fully saturated rings. The van der Waals surface area contributed by atoms with E-state index >= 15 is 0 Å². The van der Waals surface area contributed by atoms with E-state index in [0.717, 1.165) is 19.3 Å². The van der Waals surface area contributed by atoms with Crippen LogP contribution in [0.4, 0.5) is 0 Å². The molecule has 3 nitrogen and oxygen atoms in total. The molecule has 0 aromatic heterocycles. The summed E-state index contributed by atoms with van der Waals surface area (Å²) in [6.07, 6.45) is 3.67. The molecule has 1 aliphatic rings. The van der Waals surface area contributed by atoms with Crippen LogP contribution in [0.15, 0.2) is 0 Å². The molecule has 0 aromatic rings. The van der Waals surface area contributed by atoms with Crippen molar-refractivity contribution >= 4 is 12.3 Å². The van der Waals surface area contributed by atoms with Crippen molar-refractivity contribution in [2.75, 3.05) is 7.11 Å². The Balaban J connectivity index is 3.17. The lowest BCUT2D eigenvalue weighted by molar-refractivity contribution is -0.184. The van der Waals surface area contributed by atoms with E-state index in [4.69, 9.17) is 4.74 Å². The highest BCUT2D eigenvalue weighted by atomic mass is 16.5. The van der Waals surface area contributed by atoms with Gasteiger partial charge in [0.2, 0.25) is 0 Å². The number of carbonyl (C=O) groups is 2. The average Bonchev–Trinajstić information content (AvgIpc) is 2.39. The summed E-state index contributed by atoms with van der Waals surface area (Å²) in [5.74, 6) is -0.145. The lowest BCUT2D eigenvalue weighted by Gasteiger charge is -2.65. The van der Waals surface area contributed by atoms with Crippen molar-refractivity contribution in [1.82, 2.24) is 0 Å². The first-order valence-corrected chi connectivity index (χ1v) is 9.46. The zero-order chi connectivity index (χ0) is 20.1. The second-order valence-electron chi connectivity index (χ2n) is 11.6.